The number of benzene rings is 1. The summed E-state index contributed by atoms with van der Waals surface area (Å²) >= 11 is 0. The van der Waals surface area contributed by atoms with Gasteiger partial charge in [-0.3, -0.25) is 0 Å². The molecule has 0 saturated carbocycles. The molecule has 0 amide bonds. The predicted molar refractivity (Wildman–Crippen MR) is 94.8 cm³/mol. The number of ether oxygens (including phenoxy) is 2. The van der Waals surface area contributed by atoms with Gasteiger partial charge in [0.25, 0.3) is 0 Å². The molecule has 0 saturated heterocycles. The van der Waals surface area contributed by atoms with Crippen LogP contribution in [-0.2, 0) is 11.3 Å². The summed E-state index contributed by atoms with van der Waals surface area (Å²) in [6, 6.07) is 7.79. The van der Waals surface area contributed by atoms with E-state index in [0.717, 1.165) is 5.39 Å². The van der Waals surface area contributed by atoms with E-state index >= 15 is 0 Å². The minimum atomic E-state index is -2.88. The van der Waals surface area contributed by atoms with E-state index in [1.54, 1.807) is 36.0 Å². The van der Waals surface area contributed by atoms with Crippen LogP contribution < -0.4 is 4.74 Å². The molecule has 8 heteroatoms. The third-order valence-corrected chi connectivity index (χ3v) is 3.99. The third kappa shape index (κ3) is 4.21. The first-order chi connectivity index (χ1) is 12.8. The number of nitrogens with zero attached hydrogens (tertiary/aromatic N) is 3. The molecule has 0 N–H and O–H groups in total. The van der Waals surface area contributed by atoms with E-state index in [0.29, 0.717) is 22.5 Å². The molecule has 1 aromatic carbocycles. The summed E-state index contributed by atoms with van der Waals surface area (Å²) in [7, 11) is 0. The fraction of sp³-hybridized carbons (Fsp3) is 0.316. The summed E-state index contributed by atoms with van der Waals surface area (Å²) in [5.74, 6) is -0.458. The van der Waals surface area contributed by atoms with Crippen molar-refractivity contribution in [3.8, 4) is 5.75 Å². The lowest BCUT2D eigenvalue weighted by molar-refractivity contribution is -0.0498. The molecule has 6 nitrogen and oxygen atoms in total. The summed E-state index contributed by atoms with van der Waals surface area (Å²) in [5.41, 5.74) is 2.29. The van der Waals surface area contributed by atoms with Crippen molar-refractivity contribution in [1.82, 2.24) is 14.8 Å². The molecule has 142 valence electrons. The van der Waals surface area contributed by atoms with Crippen molar-refractivity contribution in [2.45, 2.75) is 40.0 Å². The zero-order valence-electron chi connectivity index (χ0n) is 15.1. The Balaban J connectivity index is 1.71. The zero-order chi connectivity index (χ0) is 19.6. The van der Waals surface area contributed by atoms with Crippen LogP contribution in [0, 0.1) is 6.92 Å². The van der Waals surface area contributed by atoms with E-state index in [1.165, 1.54) is 12.1 Å². The molecule has 3 rings (SSSR count). The topological polar surface area (TPSA) is 66.2 Å². The Morgan fingerprint density at radius 2 is 1.93 bits per heavy atom. The Bertz CT molecular complexity index is 953. The molecule has 0 aliphatic carbocycles. The molecule has 0 unspecified atom stereocenters. The van der Waals surface area contributed by atoms with Crippen molar-refractivity contribution in [3.63, 3.8) is 0 Å². The predicted octanol–water partition coefficient (Wildman–Crippen LogP) is 4.28. The number of aryl methyl sites for hydroxylation is 1. The molecular formula is C19H19F2N3O3. The molecule has 2 heterocycles. The van der Waals surface area contributed by atoms with Crippen molar-refractivity contribution < 1.29 is 23.0 Å². The van der Waals surface area contributed by atoms with Gasteiger partial charge in [-0.05, 0) is 44.5 Å². The molecule has 27 heavy (non-hydrogen) atoms. The van der Waals surface area contributed by atoms with Crippen molar-refractivity contribution >= 4 is 17.0 Å². The lowest BCUT2D eigenvalue weighted by Gasteiger charge is -2.10. The largest absolute Gasteiger partial charge is 0.457 e. The summed E-state index contributed by atoms with van der Waals surface area (Å²) in [5, 5.41) is 5.05. The number of aromatic nitrogens is 3. The van der Waals surface area contributed by atoms with E-state index < -0.39 is 12.6 Å². The highest BCUT2D eigenvalue weighted by Gasteiger charge is 2.16. The van der Waals surface area contributed by atoms with Crippen LogP contribution in [0.2, 0.25) is 0 Å². The molecule has 0 spiro atoms. The Morgan fingerprint density at radius 1 is 1.22 bits per heavy atom. The highest BCUT2D eigenvalue weighted by Crippen LogP contribution is 2.21. The fourth-order valence-corrected chi connectivity index (χ4v) is 2.64. The van der Waals surface area contributed by atoms with Gasteiger partial charge in [-0.2, -0.15) is 13.9 Å². The minimum absolute atomic E-state index is 0.0104. The van der Waals surface area contributed by atoms with E-state index in [9.17, 15) is 13.6 Å². The fourth-order valence-electron chi connectivity index (χ4n) is 2.64. The maximum atomic E-state index is 12.4. The van der Waals surface area contributed by atoms with Crippen LogP contribution >= 0.6 is 0 Å². The summed E-state index contributed by atoms with van der Waals surface area (Å²) in [6.45, 7) is 2.88. The molecule has 2 aromatic heterocycles. The summed E-state index contributed by atoms with van der Waals surface area (Å²) in [4.78, 5) is 16.9. The van der Waals surface area contributed by atoms with Crippen LogP contribution in [0.4, 0.5) is 8.78 Å². The Labute approximate surface area is 154 Å². The third-order valence-electron chi connectivity index (χ3n) is 3.99. The number of hydrogen-bond acceptors (Lipinski definition) is 5. The van der Waals surface area contributed by atoms with Gasteiger partial charge in [-0.1, -0.05) is 12.1 Å². The average Bonchev–Trinajstić information content (AvgIpc) is 3.02. The average molecular weight is 375 g/mol. The molecule has 0 aliphatic heterocycles. The second-order valence-corrected chi connectivity index (χ2v) is 6.32. The van der Waals surface area contributed by atoms with Crippen LogP contribution in [0.5, 0.6) is 5.75 Å². The second kappa shape index (κ2) is 7.69. The molecule has 3 aromatic rings. The molecule has 0 radical (unpaired) electrons. The number of carbonyl (C=O) groups is 1. The summed E-state index contributed by atoms with van der Waals surface area (Å²) < 4.78 is 35.7. The first-order valence-electron chi connectivity index (χ1n) is 8.41. The van der Waals surface area contributed by atoms with Crippen LogP contribution in [0.3, 0.4) is 0 Å². The van der Waals surface area contributed by atoms with Crippen LogP contribution in [0.15, 0.2) is 36.5 Å². The number of fused-ring (bicyclic) bond motifs is 1. The van der Waals surface area contributed by atoms with Gasteiger partial charge in [0.05, 0.1) is 17.5 Å². The first-order valence-corrected chi connectivity index (χ1v) is 8.41. The molecule has 0 atom stereocenters. The zero-order valence-corrected chi connectivity index (χ0v) is 15.1. The van der Waals surface area contributed by atoms with Crippen molar-refractivity contribution in [1.29, 1.82) is 0 Å². The smallest absolute Gasteiger partial charge is 0.387 e. The number of alkyl halides is 2. The number of rotatable bonds is 6. The van der Waals surface area contributed by atoms with Gasteiger partial charge in [0.1, 0.15) is 12.4 Å². The van der Waals surface area contributed by atoms with Gasteiger partial charge < -0.3 is 9.47 Å². The lowest BCUT2D eigenvalue weighted by atomic mass is 10.1. The molecule has 0 fully saturated rings. The van der Waals surface area contributed by atoms with Gasteiger partial charge in [0.15, 0.2) is 5.65 Å². The van der Waals surface area contributed by atoms with Crippen molar-refractivity contribution in [2.24, 2.45) is 0 Å². The first kappa shape index (κ1) is 18.8. The monoisotopic (exact) mass is 375 g/mol. The van der Waals surface area contributed by atoms with E-state index in [2.05, 4.69) is 14.8 Å². The standard InChI is InChI=1S/C19H19F2N3O3/c1-11(2)24-17-14(9-22-24)8-16(12(3)23-17)18(25)26-10-13-4-6-15(7-5-13)27-19(20)21/h4-9,11,19H,10H2,1-3H3. The van der Waals surface area contributed by atoms with Gasteiger partial charge in [0, 0.05) is 11.4 Å². The number of esters is 1. The Morgan fingerprint density at radius 3 is 2.56 bits per heavy atom. The van der Waals surface area contributed by atoms with E-state index in [4.69, 9.17) is 4.74 Å². The normalized spacial score (nSPS) is 11.4. The minimum Gasteiger partial charge on any atom is -0.457 e. The molecule has 0 aliphatic rings. The Hall–Kier alpha value is -3.03. The number of pyridine rings is 1. The Kier molecular flexibility index (Phi) is 5.34. The molecule has 0 bridgehead atoms. The van der Waals surface area contributed by atoms with Gasteiger partial charge in [0.2, 0.25) is 0 Å². The summed E-state index contributed by atoms with van der Waals surface area (Å²) in [6.07, 6.45) is 1.67. The second-order valence-electron chi connectivity index (χ2n) is 6.32. The van der Waals surface area contributed by atoms with Crippen molar-refractivity contribution in [2.75, 3.05) is 0 Å². The lowest BCUT2D eigenvalue weighted by Crippen LogP contribution is -2.10. The van der Waals surface area contributed by atoms with Crippen molar-refractivity contribution in [3.05, 3.63) is 53.3 Å². The van der Waals surface area contributed by atoms with Crippen LogP contribution in [0.25, 0.3) is 11.0 Å². The van der Waals surface area contributed by atoms with Gasteiger partial charge >= 0.3 is 12.6 Å². The van der Waals surface area contributed by atoms with Crippen LogP contribution in [-0.4, -0.2) is 27.3 Å². The van der Waals surface area contributed by atoms with Gasteiger partial charge in [-0.15, -0.1) is 0 Å². The maximum absolute atomic E-state index is 12.4. The van der Waals surface area contributed by atoms with E-state index in [1.807, 2.05) is 13.8 Å². The maximum Gasteiger partial charge on any atom is 0.387 e. The quantitative estimate of drug-likeness (QED) is 0.602. The highest BCUT2D eigenvalue weighted by atomic mass is 19.3. The molecular weight excluding hydrogens is 356 g/mol. The van der Waals surface area contributed by atoms with Gasteiger partial charge in [-0.25, -0.2) is 14.5 Å². The van der Waals surface area contributed by atoms with Crippen LogP contribution in [0.1, 0.15) is 41.5 Å². The highest BCUT2D eigenvalue weighted by molar-refractivity contribution is 5.94. The number of carbonyl (C=O) groups excluding carboxylic acids is 1. The SMILES string of the molecule is Cc1nc2c(cnn2C(C)C)cc1C(=O)OCc1ccc(OC(F)F)cc1. The number of halogens is 2. The number of hydrogen-bond donors (Lipinski definition) is 0. The van der Waals surface area contributed by atoms with E-state index in [-0.39, 0.29) is 18.4 Å².